The fraction of sp³-hybridized carbons (Fsp3) is 0.273. The van der Waals surface area contributed by atoms with Crippen LogP contribution in [0.3, 0.4) is 0 Å². The summed E-state index contributed by atoms with van der Waals surface area (Å²) in [5.74, 6) is -2.65. The van der Waals surface area contributed by atoms with E-state index in [1.54, 1.807) is 26.0 Å². The van der Waals surface area contributed by atoms with Crippen LogP contribution in [0.4, 0.5) is 0 Å². The van der Waals surface area contributed by atoms with Crippen molar-refractivity contribution in [3.63, 3.8) is 0 Å². The number of hydrogen-bond acceptors (Lipinski definition) is 4. The summed E-state index contributed by atoms with van der Waals surface area (Å²) in [6, 6.07) is 5.81. The van der Waals surface area contributed by atoms with E-state index in [-0.39, 0.29) is 46.8 Å². The summed E-state index contributed by atoms with van der Waals surface area (Å²) < 4.78 is 0. The molecule has 0 unspecified atom stereocenters. The van der Waals surface area contributed by atoms with E-state index < -0.39 is 11.9 Å². The summed E-state index contributed by atoms with van der Waals surface area (Å²) in [7, 11) is 0. The van der Waals surface area contributed by atoms with Gasteiger partial charge in [0.1, 0.15) is 11.3 Å². The number of hydrogen-bond donors (Lipinski definition) is 2. The number of aromatic carboxylic acids is 1. The molecule has 0 radical (unpaired) electrons. The van der Waals surface area contributed by atoms with Gasteiger partial charge in [0.25, 0.3) is 0 Å². The molecule has 0 heterocycles. The Morgan fingerprint density at radius 2 is 1.65 bits per heavy atom. The maximum atomic E-state index is 10.3. The molecule has 0 spiro atoms. The smallest absolute Gasteiger partial charge is 0.550 e. The molecule has 6 heteroatoms. The largest absolute Gasteiger partial charge is 1.00 e. The minimum Gasteiger partial charge on any atom is -0.550 e. The molecule has 0 saturated heterocycles. The summed E-state index contributed by atoms with van der Waals surface area (Å²) in [4.78, 5) is 19.8. The quantitative estimate of drug-likeness (QED) is 0.563. The van der Waals surface area contributed by atoms with E-state index in [2.05, 4.69) is 0 Å². The second kappa shape index (κ2) is 9.04. The summed E-state index contributed by atoms with van der Waals surface area (Å²) >= 11 is 0. The molecule has 0 bridgehead atoms. The van der Waals surface area contributed by atoms with E-state index >= 15 is 0 Å². The van der Waals surface area contributed by atoms with Gasteiger partial charge in [0.05, 0.1) is 0 Å². The molecule has 2 N–H and O–H groups in total. The Kier molecular flexibility index (Phi) is 9.74. The fourth-order valence-corrected chi connectivity index (χ4v) is 0.654. The van der Waals surface area contributed by atoms with Crippen molar-refractivity contribution in [2.45, 2.75) is 13.8 Å². The van der Waals surface area contributed by atoms with Gasteiger partial charge in [-0.3, -0.25) is 0 Å². The van der Waals surface area contributed by atoms with Crippen LogP contribution in [-0.4, -0.2) is 22.2 Å². The first kappa shape index (κ1) is 18.3. The van der Waals surface area contributed by atoms with Crippen molar-refractivity contribution in [3.8, 4) is 5.75 Å². The first-order chi connectivity index (χ1) is 7.36. The van der Waals surface area contributed by atoms with Crippen molar-refractivity contribution in [2.75, 3.05) is 0 Å². The molecule has 0 atom stereocenters. The molecule has 17 heavy (non-hydrogen) atoms. The van der Waals surface area contributed by atoms with Crippen LogP contribution in [-0.2, 0) is 4.79 Å². The van der Waals surface area contributed by atoms with E-state index in [0.717, 1.165) is 0 Å². The Bertz CT molecular complexity index is 376. The van der Waals surface area contributed by atoms with Crippen LogP contribution in [0.2, 0.25) is 0 Å². The molecular formula is C11H13NaO5. The second-order valence-electron chi connectivity index (χ2n) is 3.30. The molecule has 0 aliphatic heterocycles. The standard InChI is InChI=1S/C7H6O3.C4H8O2.Na/c8-6-4-2-1-3-5(6)7(9)10;1-3(2)4(5)6;/h1-4,8H,(H,9,10);3H,1-2H3,(H,5,6);/q;;+1/p-1. The van der Waals surface area contributed by atoms with Crippen molar-refractivity contribution >= 4 is 11.9 Å². The van der Waals surface area contributed by atoms with E-state index in [0.29, 0.717) is 0 Å². The minimum atomic E-state index is -1.11. The van der Waals surface area contributed by atoms with Crippen molar-refractivity contribution in [1.82, 2.24) is 0 Å². The van der Waals surface area contributed by atoms with Crippen molar-refractivity contribution in [3.05, 3.63) is 29.8 Å². The number of rotatable bonds is 2. The van der Waals surface area contributed by atoms with Crippen LogP contribution < -0.4 is 34.7 Å². The molecule has 88 valence electrons. The molecule has 0 aliphatic carbocycles. The molecule has 1 aromatic rings. The molecule has 5 nitrogen and oxygen atoms in total. The number of benzene rings is 1. The number of carbonyl (C=O) groups is 2. The van der Waals surface area contributed by atoms with E-state index in [4.69, 9.17) is 10.2 Å². The maximum absolute atomic E-state index is 10.3. The molecule has 1 aromatic carbocycles. The molecular weight excluding hydrogens is 235 g/mol. The van der Waals surface area contributed by atoms with Gasteiger partial charge in [-0.05, 0) is 18.1 Å². The Labute approximate surface area is 121 Å². The first-order valence-corrected chi connectivity index (χ1v) is 4.58. The molecule has 1 rings (SSSR count). The molecule has 0 aromatic heterocycles. The average molecular weight is 248 g/mol. The van der Waals surface area contributed by atoms with Gasteiger partial charge in [0.2, 0.25) is 0 Å². The van der Waals surface area contributed by atoms with Crippen LogP contribution in [0.1, 0.15) is 24.2 Å². The summed E-state index contributed by atoms with van der Waals surface area (Å²) in [6.45, 7) is 3.16. The molecule has 0 saturated carbocycles. The fourth-order valence-electron chi connectivity index (χ4n) is 0.654. The summed E-state index contributed by atoms with van der Waals surface area (Å²) in [5.41, 5.74) is -0.0671. The predicted molar refractivity (Wildman–Crippen MR) is 54.9 cm³/mol. The van der Waals surface area contributed by atoms with Crippen LogP contribution >= 0.6 is 0 Å². The zero-order valence-electron chi connectivity index (χ0n) is 10.0. The average Bonchev–Trinajstić information content (AvgIpc) is 2.18. The van der Waals surface area contributed by atoms with Crippen molar-refractivity contribution in [1.29, 1.82) is 0 Å². The minimum absolute atomic E-state index is 0. The predicted octanol–water partition coefficient (Wildman–Crippen LogP) is -2.51. The third kappa shape index (κ3) is 7.79. The Hall–Kier alpha value is -1.04. The van der Waals surface area contributed by atoms with Gasteiger partial charge >= 0.3 is 35.5 Å². The second-order valence-corrected chi connectivity index (χ2v) is 3.30. The van der Waals surface area contributed by atoms with Crippen LogP contribution in [0.5, 0.6) is 5.75 Å². The van der Waals surface area contributed by atoms with Crippen molar-refractivity contribution in [2.24, 2.45) is 5.92 Å². The van der Waals surface area contributed by atoms with E-state index in [1.807, 2.05) is 0 Å². The van der Waals surface area contributed by atoms with Crippen LogP contribution in [0.25, 0.3) is 0 Å². The van der Waals surface area contributed by atoms with Gasteiger partial charge in [-0.25, -0.2) is 4.79 Å². The number of carboxylic acids is 2. The normalized spacial score (nSPS) is 8.65. The number of para-hydroxylation sites is 1. The van der Waals surface area contributed by atoms with Crippen LogP contribution in [0, 0.1) is 5.92 Å². The molecule has 0 aliphatic rings. The number of aromatic hydroxyl groups is 1. The molecule has 0 fully saturated rings. The zero-order chi connectivity index (χ0) is 12.7. The third-order valence-electron chi connectivity index (χ3n) is 1.61. The van der Waals surface area contributed by atoms with Gasteiger partial charge in [-0.1, -0.05) is 26.0 Å². The van der Waals surface area contributed by atoms with Gasteiger partial charge < -0.3 is 20.1 Å². The summed E-state index contributed by atoms with van der Waals surface area (Å²) in [5, 5.41) is 26.9. The van der Waals surface area contributed by atoms with Crippen LogP contribution in [0.15, 0.2) is 24.3 Å². The van der Waals surface area contributed by atoms with Gasteiger partial charge in [-0.2, -0.15) is 0 Å². The van der Waals surface area contributed by atoms with E-state index in [9.17, 15) is 14.7 Å². The topological polar surface area (TPSA) is 97.7 Å². The number of phenols is 1. The van der Waals surface area contributed by atoms with Gasteiger partial charge in [-0.15, -0.1) is 0 Å². The molecule has 0 amide bonds. The third-order valence-corrected chi connectivity index (χ3v) is 1.61. The Morgan fingerprint density at radius 1 is 1.24 bits per heavy atom. The van der Waals surface area contributed by atoms with Crippen molar-refractivity contribution < 1.29 is 54.5 Å². The zero-order valence-corrected chi connectivity index (χ0v) is 12.0. The van der Waals surface area contributed by atoms with E-state index in [1.165, 1.54) is 12.1 Å². The first-order valence-electron chi connectivity index (χ1n) is 4.58. The number of aliphatic carboxylic acids is 1. The SMILES string of the molecule is CC(C)C(=O)[O-].O=C(O)c1ccccc1O.[Na+]. The maximum Gasteiger partial charge on any atom is 1.00 e. The number of carbonyl (C=O) groups excluding carboxylic acids is 1. The monoisotopic (exact) mass is 248 g/mol. The Balaban J connectivity index is 0. The van der Waals surface area contributed by atoms with Gasteiger partial charge in [0, 0.05) is 5.97 Å². The van der Waals surface area contributed by atoms with Gasteiger partial charge in [0.15, 0.2) is 0 Å². The number of carboxylic acid groups (broad SMARTS) is 2. The summed E-state index contributed by atoms with van der Waals surface area (Å²) in [6.07, 6.45) is 0. The Morgan fingerprint density at radius 3 is 1.88 bits per heavy atom.